The molecule has 1 aromatic carbocycles. The Morgan fingerprint density at radius 3 is 2.40 bits per heavy atom. The van der Waals surface area contributed by atoms with Crippen LogP contribution in [0.1, 0.15) is 18.9 Å². The molecule has 0 saturated carbocycles. The highest BCUT2D eigenvalue weighted by Gasteiger charge is 2.33. The van der Waals surface area contributed by atoms with E-state index in [0.29, 0.717) is 32.6 Å². The summed E-state index contributed by atoms with van der Waals surface area (Å²) in [6, 6.07) is 3.25. The first-order valence-corrected chi connectivity index (χ1v) is 8.25. The van der Waals surface area contributed by atoms with Crippen molar-refractivity contribution < 1.29 is 22.8 Å². The number of hydrogen-bond acceptors (Lipinski definition) is 3. The van der Waals surface area contributed by atoms with Gasteiger partial charge in [-0.05, 0) is 18.2 Å². The van der Waals surface area contributed by atoms with Crippen LogP contribution in [0.5, 0.6) is 0 Å². The monoisotopic (exact) mass is 377 g/mol. The minimum Gasteiger partial charge on any atom is -0.340 e. The quantitative estimate of drug-likeness (QED) is 0.877. The first-order valence-electron chi connectivity index (χ1n) is 7.87. The van der Waals surface area contributed by atoms with Gasteiger partial charge in [0.25, 0.3) is 0 Å². The van der Waals surface area contributed by atoms with Crippen LogP contribution >= 0.6 is 11.6 Å². The predicted octanol–water partition coefficient (Wildman–Crippen LogP) is 2.85. The van der Waals surface area contributed by atoms with E-state index in [1.807, 2.05) is 4.90 Å². The molecule has 0 spiro atoms. The summed E-state index contributed by atoms with van der Waals surface area (Å²) in [7, 11) is 0. The van der Waals surface area contributed by atoms with Crippen molar-refractivity contribution in [1.82, 2.24) is 9.80 Å². The summed E-state index contributed by atoms with van der Waals surface area (Å²) in [5.41, 5.74) is -0.944. The van der Waals surface area contributed by atoms with Crippen LogP contribution in [0.3, 0.4) is 0 Å². The molecule has 0 atom stereocenters. The number of carbonyl (C=O) groups excluding carboxylic acids is 2. The molecule has 1 aromatic rings. The summed E-state index contributed by atoms with van der Waals surface area (Å²) < 4.78 is 38.5. The van der Waals surface area contributed by atoms with Gasteiger partial charge < -0.3 is 10.2 Å². The molecule has 1 fully saturated rings. The maximum absolute atomic E-state index is 12.8. The summed E-state index contributed by atoms with van der Waals surface area (Å²) in [6.07, 6.45) is -4.14. The van der Waals surface area contributed by atoms with Gasteiger partial charge >= 0.3 is 6.18 Å². The number of nitrogens with zero attached hydrogens (tertiary/aromatic N) is 2. The zero-order valence-electron chi connectivity index (χ0n) is 13.7. The van der Waals surface area contributed by atoms with E-state index in [0.717, 1.165) is 12.1 Å². The van der Waals surface area contributed by atoms with Gasteiger partial charge in [0.15, 0.2) is 0 Å². The average Bonchev–Trinajstić information content (AvgIpc) is 2.55. The molecule has 25 heavy (non-hydrogen) atoms. The number of rotatable bonds is 4. The topological polar surface area (TPSA) is 52.7 Å². The lowest BCUT2D eigenvalue weighted by atomic mass is 10.2. The van der Waals surface area contributed by atoms with Crippen LogP contribution in [0.4, 0.5) is 18.9 Å². The summed E-state index contributed by atoms with van der Waals surface area (Å²) in [6.45, 7) is 4.03. The molecule has 9 heteroatoms. The maximum Gasteiger partial charge on any atom is 0.417 e. The molecule has 2 amide bonds. The Hall–Kier alpha value is -1.80. The fourth-order valence-corrected chi connectivity index (χ4v) is 2.83. The van der Waals surface area contributed by atoms with E-state index < -0.39 is 22.7 Å². The number of alkyl halides is 3. The van der Waals surface area contributed by atoms with Crippen LogP contribution in [0.15, 0.2) is 18.2 Å². The standard InChI is InChI=1S/C16H19ClF3N3O2/c1-2-15(25)23-7-5-22(6-8-23)10-14(24)21-11-3-4-13(17)12(9-11)16(18,19)20/h3-4,9H,2,5-8,10H2,1H3,(H,21,24). The molecule has 138 valence electrons. The molecule has 1 N–H and O–H groups in total. The second-order valence-corrected chi connectivity index (χ2v) is 6.16. The Bertz CT molecular complexity index is 644. The Morgan fingerprint density at radius 1 is 1.20 bits per heavy atom. The second-order valence-electron chi connectivity index (χ2n) is 5.75. The van der Waals surface area contributed by atoms with Crippen LogP contribution in [-0.4, -0.2) is 54.3 Å². The highest BCUT2D eigenvalue weighted by atomic mass is 35.5. The highest BCUT2D eigenvalue weighted by molar-refractivity contribution is 6.31. The van der Waals surface area contributed by atoms with Crippen LogP contribution in [0.2, 0.25) is 5.02 Å². The molecule has 0 aliphatic carbocycles. The van der Waals surface area contributed by atoms with Crippen LogP contribution in [0.25, 0.3) is 0 Å². The summed E-state index contributed by atoms with van der Waals surface area (Å²) in [4.78, 5) is 27.2. The smallest absolute Gasteiger partial charge is 0.340 e. The van der Waals surface area contributed by atoms with Gasteiger partial charge in [0, 0.05) is 38.3 Å². The lowest BCUT2D eigenvalue weighted by Gasteiger charge is -2.34. The third-order valence-corrected chi connectivity index (χ3v) is 4.28. The Morgan fingerprint density at radius 2 is 1.84 bits per heavy atom. The number of hydrogen-bond donors (Lipinski definition) is 1. The van der Waals surface area contributed by atoms with E-state index in [1.54, 1.807) is 11.8 Å². The van der Waals surface area contributed by atoms with Crippen molar-refractivity contribution in [2.45, 2.75) is 19.5 Å². The van der Waals surface area contributed by atoms with Crippen LogP contribution < -0.4 is 5.32 Å². The number of nitrogens with one attached hydrogen (secondary N) is 1. The SMILES string of the molecule is CCC(=O)N1CCN(CC(=O)Nc2ccc(Cl)c(C(F)(F)F)c2)CC1. The van der Waals surface area contributed by atoms with E-state index in [1.165, 1.54) is 6.07 Å². The lowest BCUT2D eigenvalue weighted by Crippen LogP contribution is -2.50. The van der Waals surface area contributed by atoms with Crippen molar-refractivity contribution in [3.8, 4) is 0 Å². The molecule has 1 heterocycles. The Kier molecular flexibility index (Phi) is 6.29. The van der Waals surface area contributed by atoms with E-state index in [9.17, 15) is 22.8 Å². The average molecular weight is 378 g/mol. The summed E-state index contributed by atoms with van der Waals surface area (Å²) in [5.74, 6) is -0.337. The summed E-state index contributed by atoms with van der Waals surface area (Å²) in [5, 5.41) is 2.04. The first kappa shape index (κ1) is 19.5. The fraction of sp³-hybridized carbons (Fsp3) is 0.500. The number of halogens is 4. The fourth-order valence-electron chi connectivity index (χ4n) is 2.60. The number of carbonyl (C=O) groups is 2. The van der Waals surface area contributed by atoms with E-state index >= 15 is 0 Å². The van der Waals surface area contributed by atoms with E-state index in [2.05, 4.69) is 5.32 Å². The minimum absolute atomic E-state index is 0.0431. The second kappa shape index (κ2) is 8.05. The van der Waals surface area contributed by atoms with Crippen molar-refractivity contribution in [2.24, 2.45) is 0 Å². The molecule has 1 saturated heterocycles. The number of anilines is 1. The van der Waals surface area contributed by atoms with Crippen LogP contribution in [-0.2, 0) is 15.8 Å². The van der Waals surface area contributed by atoms with Crippen molar-refractivity contribution in [1.29, 1.82) is 0 Å². The molecule has 1 aliphatic rings. The zero-order valence-corrected chi connectivity index (χ0v) is 14.5. The van der Waals surface area contributed by atoms with E-state index in [4.69, 9.17) is 11.6 Å². The van der Waals surface area contributed by atoms with Gasteiger partial charge in [0.2, 0.25) is 11.8 Å². The van der Waals surface area contributed by atoms with Gasteiger partial charge in [-0.25, -0.2) is 0 Å². The number of amides is 2. The number of benzene rings is 1. The third-order valence-electron chi connectivity index (χ3n) is 3.95. The van der Waals surface area contributed by atoms with E-state index in [-0.39, 0.29) is 18.1 Å². The predicted molar refractivity (Wildman–Crippen MR) is 88.4 cm³/mol. The number of piperazine rings is 1. The van der Waals surface area contributed by atoms with Gasteiger partial charge in [-0.1, -0.05) is 18.5 Å². The largest absolute Gasteiger partial charge is 0.417 e. The third kappa shape index (κ3) is 5.34. The van der Waals surface area contributed by atoms with Crippen molar-refractivity contribution >= 4 is 29.1 Å². The van der Waals surface area contributed by atoms with Crippen molar-refractivity contribution in [3.63, 3.8) is 0 Å². The molecular formula is C16H19ClF3N3O2. The zero-order chi connectivity index (χ0) is 18.6. The van der Waals surface area contributed by atoms with Gasteiger partial charge in [0.1, 0.15) is 0 Å². The van der Waals surface area contributed by atoms with Crippen LogP contribution in [0, 0.1) is 0 Å². The Balaban J connectivity index is 1.90. The summed E-state index contributed by atoms with van der Waals surface area (Å²) >= 11 is 5.55. The van der Waals surface area contributed by atoms with Crippen molar-refractivity contribution in [3.05, 3.63) is 28.8 Å². The molecule has 0 bridgehead atoms. The normalized spacial score (nSPS) is 16.0. The van der Waals surface area contributed by atoms with Gasteiger partial charge in [-0.15, -0.1) is 0 Å². The van der Waals surface area contributed by atoms with Gasteiger partial charge in [-0.2, -0.15) is 13.2 Å². The Labute approximate surface area is 148 Å². The maximum atomic E-state index is 12.8. The first-order chi connectivity index (χ1) is 11.7. The molecule has 0 unspecified atom stereocenters. The lowest BCUT2D eigenvalue weighted by molar-refractivity contribution is -0.137. The van der Waals surface area contributed by atoms with Gasteiger partial charge in [-0.3, -0.25) is 14.5 Å². The molecule has 0 radical (unpaired) electrons. The highest BCUT2D eigenvalue weighted by Crippen LogP contribution is 2.36. The van der Waals surface area contributed by atoms with Gasteiger partial charge in [0.05, 0.1) is 17.1 Å². The molecule has 5 nitrogen and oxygen atoms in total. The molecule has 1 aliphatic heterocycles. The minimum atomic E-state index is -4.58. The molecular weight excluding hydrogens is 359 g/mol. The molecule has 0 aromatic heterocycles. The van der Waals surface area contributed by atoms with Crippen molar-refractivity contribution in [2.75, 3.05) is 38.0 Å². The molecule has 2 rings (SSSR count).